The predicted molar refractivity (Wildman–Crippen MR) is 105 cm³/mol. The van der Waals surface area contributed by atoms with E-state index in [9.17, 15) is 0 Å². The van der Waals surface area contributed by atoms with Crippen LogP contribution in [0.3, 0.4) is 0 Å². The van der Waals surface area contributed by atoms with Gasteiger partial charge in [0.1, 0.15) is 0 Å². The molecule has 0 amide bonds. The van der Waals surface area contributed by atoms with Crippen LogP contribution in [0.1, 0.15) is 23.8 Å². The number of halogens is 1. The van der Waals surface area contributed by atoms with Crippen LogP contribution in [0, 0.1) is 4.77 Å². The van der Waals surface area contributed by atoms with Crippen LogP contribution in [0.4, 0.5) is 0 Å². The first-order chi connectivity index (χ1) is 12.1. The van der Waals surface area contributed by atoms with Gasteiger partial charge in [0, 0.05) is 35.1 Å². The molecule has 0 saturated carbocycles. The SMILES string of the molecule is Cn1c(-c2ccc(Cl)cc2)nn(CN2CCC[C@@H]2c2cccs2)c1=S. The number of nitrogens with zero attached hydrogens (tertiary/aromatic N) is 4. The van der Waals surface area contributed by atoms with Gasteiger partial charge in [-0.05, 0) is 60.8 Å². The zero-order valence-corrected chi connectivity index (χ0v) is 16.3. The Hall–Kier alpha value is -1.47. The molecule has 1 aliphatic heterocycles. The first-order valence-electron chi connectivity index (χ1n) is 8.31. The van der Waals surface area contributed by atoms with Crippen LogP contribution < -0.4 is 0 Å². The van der Waals surface area contributed by atoms with Gasteiger partial charge in [0.25, 0.3) is 0 Å². The highest BCUT2D eigenvalue weighted by Gasteiger charge is 2.27. The molecule has 0 N–H and O–H groups in total. The number of thiophene rings is 1. The van der Waals surface area contributed by atoms with E-state index in [0.29, 0.717) is 6.04 Å². The Labute approximate surface area is 161 Å². The summed E-state index contributed by atoms with van der Waals surface area (Å²) in [5, 5.41) is 7.65. The number of rotatable bonds is 4. The van der Waals surface area contributed by atoms with Gasteiger partial charge < -0.3 is 4.57 Å². The van der Waals surface area contributed by atoms with Crippen molar-refractivity contribution in [1.82, 2.24) is 19.2 Å². The Kier molecular flexibility index (Phi) is 4.78. The quantitative estimate of drug-likeness (QED) is 0.578. The summed E-state index contributed by atoms with van der Waals surface area (Å²) in [6.45, 7) is 1.81. The van der Waals surface area contributed by atoms with Crippen molar-refractivity contribution >= 4 is 35.2 Å². The van der Waals surface area contributed by atoms with E-state index >= 15 is 0 Å². The minimum absolute atomic E-state index is 0.475. The lowest BCUT2D eigenvalue weighted by Gasteiger charge is -2.23. The van der Waals surface area contributed by atoms with E-state index in [-0.39, 0.29) is 0 Å². The molecule has 4 nitrogen and oxygen atoms in total. The Balaban J connectivity index is 1.62. The molecule has 4 rings (SSSR count). The van der Waals surface area contributed by atoms with Crippen LogP contribution in [-0.4, -0.2) is 25.8 Å². The van der Waals surface area contributed by atoms with E-state index in [2.05, 4.69) is 22.4 Å². The normalized spacial score (nSPS) is 18.1. The van der Waals surface area contributed by atoms with Crippen molar-refractivity contribution < 1.29 is 0 Å². The molecule has 0 radical (unpaired) electrons. The van der Waals surface area contributed by atoms with Crippen LogP contribution in [0.15, 0.2) is 41.8 Å². The molecule has 1 aromatic carbocycles. The molecule has 3 aromatic rings. The summed E-state index contributed by atoms with van der Waals surface area (Å²) in [6, 6.07) is 12.6. The standard InChI is InChI=1S/C18H19ClN4S2/c1-21-17(13-6-8-14(19)9-7-13)20-23(18(21)24)12-22-10-2-4-15(22)16-5-3-11-25-16/h3,5-9,11,15H,2,4,10,12H2,1H3/t15-/m1/s1. The summed E-state index contributed by atoms with van der Waals surface area (Å²) in [5.74, 6) is 0.869. The van der Waals surface area contributed by atoms with Gasteiger partial charge in [-0.2, -0.15) is 5.10 Å². The van der Waals surface area contributed by atoms with Crippen LogP contribution in [0.25, 0.3) is 11.4 Å². The second-order valence-electron chi connectivity index (χ2n) is 6.30. The van der Waals surface area contributed by atoms with Gasteiger partial charge in [-0.15, -0.1) is 11.3 Å². The molecular weight excluding hydrogens is 372 g/mol. The van der Waals surface area contributed by atoms with Crippen molar-refractivity contribution in [2.75, 3.05) is 6.54 Å². The molecule has 2 aromatic heterocycles. The molecule has 0 unspecified atom stereocenters. The maximum Gasteiger partial charge on any atom is 0.199 e. The average molecular weight is 391 g/mol. The second-order valence-corrected chi connectivity index (χ2v) is 8.08. The van der Waals surface area contributed by atoms with Crippen molar-refractivity contribution in [2.24, 2.45) is 7.05 Å². The van der Waals surface area contributed by atoms with Crippen molar-refractivity contribution in [3.8, 4) is 11.4 Å². The number of benzene rings is 1. The van der Waals surface area contributed by atoms with E-state index in [4.69, 9.17) is 28.9 Å². The lowest BCUT2D eigenvalue weighted by molar-refractivity contribution is 0.192. The van der Waals surface area contributed by atoms with E-state index < -0.39 is 0 Å². The zero-order valence-electron chi connectivity index (χ0n) is 13.9. The van der Waals surface area contributed by atoms with Gasteiger partial charge >= 0.3 is 0 Å². The molecule has 1 aliphatic rings. The maximum absolute atomic E-state index is 5.99. The fraction of sp³-hybridized carbons (Fsp3) is 0.333. The molecule has 0 spiro atoms. The van der Waals surface area contributed by atoms with Gasteiger partial charge in [0.2, 0.25) is 0 Å². The maximum atomic E-state index is 5.99. The highest BCUT2D eigenvalue weighted by molar-refractivity contribution is 7.71. The third-order valence-electron chi connectivity index (χ3n) is 4.69. The molecule has 1 fully saturated rings. The van der Waals surface area contributed by atoms with E-state index in [1.54, 1.807) is 0 Å². The fourth-order valence-electron chi connectivity index (χ4n) is 3.40. The van der Waals surface area contributed by atoms with Crippen molar-refractivity contribution in [3.05, 3.63) is 56.4 Å². The molecule has 25 heavy (non-hydrogen) atoms. The summed E-state index contributed by atoms with van der Waals surface area (Å²) < 4.78 is 4.64. The minimum Gasteiger partial charge on any atom is -0.303 e. The fourth-order valence-corrected chi connectivity index (χ4v) is 4.61. The monoisotopic (exact) mass is 390 g/mol. The summed E-state index contributed by atoms with van der Waals surface area (Å²) in [4.78, 5) is 3.90. The first kappa shape index (κ1) is 17.0. The van der Waals surface area contributed by atoms with E-state index in [1.807, 2.05) is 51.9 Å². The predicted octanol–water partition coefficient (Wildman–Crippen LogP) is 5.13. The second kappa shape index (κ2) is 7.03. The molecule has 0 aliphatic carbocycles. The van der Waals surface area contributed by atoms with Gasteiger partial charge in [0.15, 0.2) is 10.6 Å². The number of likely N-dealkylation sites (tertiary alicyclic amines) is 1. The van der Waals surface area contributed by atoms with Crippen LogP contribution in [0.5, 0.6) is 0 Å². The van der Waals surface area contributed by atoms with Gasteiger partial charge in [-0.25, -0.2) is 4.68 Å². The highest BCUT2D eigenvalue weighted by atomic mass is 35.5. The Morgan fingerprint density at radius 2 is 2.08 bits per heavy atom. The van der Waals surface area contributed by atoms with Crippen LogP contribution in [0.2, 0.25) is 5.02 Å². The van der Waals surface area contributed by atoms with Crippen LogP contribution in [-0.2, 0) is 13.7 Å². The summed E-state index contributed by atoms with van der Waals surface area (Å²) in [7, 11) is 1.97. The van der Waals surface area contributed by atoms with E-state index in [1.165, 1.54) is 17.7 Å². The molecule has 0 bridgehead atoms. The minimum atomic E-state index is 0.475. The first-order valence-corrected chi connectivity index (χ1v) is 9.97. The Morgan fingerprint density at radius 1 is 1.28 bits per heavy atom. The third kappa shape index (κ3) is 3.31. The number of hydrogen-bond acceptors (Lipinski definition) is 4. The van der Waals surface area contributed by atoms with Gasteiger partial charge in [0.05, 0.1) is 6.67 Å². The lowest BCUT2D eigenvalue weighted by atomic mass is 10.2. The molecule has 130 valence electrons. The average Bonchev–Trinajstić information content (AvgIpc) is 3.33. The zero-order chi connectivity index (χ0) is 17.4. The third-order valence-corrected chi connectivity index (χ3v) is 6.40. The number of hydrogen-bond donors (Lipinski definition) is 0. The Bertz CT molecular complexity index is 912. The molecule has 3 heterocycles. The van der Waals surface area contributed by atoms with Crippen LogP contribution >= 0.6 is 35.2 Å². The summed E-state index contributed by atoms with van der Waals surface area (Å²) in [6.07, 6.45) is 2.41. The van der Waals surface area contributed by atoms with Gasteiger partial charge in [-0.3, -0.25) is 4.90 Å². The van der Waals surface area contributed by atoms with Crippen molar-refractivity contribution in [2.45, 2.75) is 25.6 Å². The summed E-state index contributed by atoms with van der Waals surface area (Å²) >= 11 is 13.5. The largest absolute Gasteiger partial charge is 0.303 e. The van der Waals surface area contributed by atoms with Crippen molar-refractivity contribution in [1.29, 1.82) is 0 Å². The Morgan fingerprint density at radius 3 is 2.80 bits per heavy atom. The molecule has 7 heteroatoms. The van der Waals surface area contributed by atoms with Crippen molar-refractivity contribution in [3.63, 3.8) is 0 Å². The highest BCUT2D eigenvalue weighted by Crippen LogP contribution is 2.34. The molecular formula is C18H19ClN4S2. The smallest absolute Gasteiger partial charge is 0.199 e. The van der Waals surface area contributed by atoms with Gasteiger partial charge in [-0.1, -0.05) is 17.7 Å². The van der Waals surface area contributed by atoms with E-state index in [0.717, 1.165) is 34.4 Å². The summed E-state index contributed by atoms with van der Waals surface area (Å²) in [5.41, 5.74) is 1.02. The number of aromatic nitrogens is 3. The topological polar surface area (TPSA) is 26.0 Å². The molecule has 1 saturated heterocycles. The lowest BCUT2D eigenvalue weighted by Crippen LogP contribution is -2.26. The molecule has 1 atom stereocenters.